The predicted octanol–water partition coefficient (Wildman–Crippen LogP) is 9.13. The molecule has 5 rings (SSSR count). The molecule has 5 nitrogen and oxygen atoms in total. The summed E-state index contributed by atoms with van der Waals surface area (Å²) in [5, 5.41) is 0.971. The molecule has 0 spiro atoms. The van der Waals surface area contributed by atoms with Gasteiger partial charge in [-0.2, -0.15) is 13.2 Å². The molecule has 0 aliphatic rings. The average molecular weight is 643 g/mol. The van der Waals surface area contributed by atoms with Crippen LogP contribution in [0.3, 0.4) is 0 Å². The number of imidazole rings is 1. The van der Waals surface area contributed by atoms with Gasteiger partial charge in [-0.15, -0.1) is 0 Å². The van der Waals surface area contributed by atoms with Crippen molar-refractivity contribution in [1.29, 1.82) is 0 Å². The van der Waals surface area contributed by atoms with Gasteiger partial charge >= 0.3 is 6.18 Å². The lowest BCUT2D eigenvalue weighted by atomic mass is 10.0. The number of alkyl halides is 3. The fourth-order valence-corrected chi connectivity index (χ4v) is 5.48. The van der Waals surface area contributed by atoms with Crippen LogP contribution in [-0.2, 0) is 22.7 Å². The number of anilines is 1. The molecule has 0 aliphatic heterocycles. The fourth-order valence-electron chi connectivity index (χ4n) is 4.41. The molecule has 1 heterocycles. The molecule has 0 saturated heterocycles. The molecule has 43 heavy (non-hydrogen) atoms. The normalized spacial score (nSPS) is 12.1. The second kappa shape index (κ2) is 12.3. The standard InChI is InChI=1S/C32H24Cl2F3N3O2S/c1-43(41,42)39-27-14-4-22(5-15-27)19-40-20-30(28-16-13-26(33)18-29(28)34)38-31(40)17-6-21-2-7-23(8-3-21)24-9-11-25(12-10-24)32(35,36)37/h2-18,20,39H,19H2,1H3/b17-6+. The summed E-state index contributed by atoms with van der Waals surface area (Å²) in [6, 6.07) is 24.7. The molecule has 0 amide bonds. The number of benzene rings is 4. The minimum atomic E-state index is -4.38. The Kier molecular flexibility index (Phi) is 8.69. The third-order valence-electron chi connectivity index (χ3n) is 6.51. The van der Waals surface area contributed by atoms with Crippen molar-refractivity contribution in [3.05, 3.63) is 130 Å². The zero-order valence-electron chi connectivity index (χ0n) is 22.6. The molecule has 220 valence electrons. The van der Waals surface area contributed by atoms with Gasteiger partial charge in [0.1, 0.15) is 5.82 Å². The van der Waals surface area contributed by atoms with E-state index in [1.807, 2.05) is 59.3 Å². The minimum Gasteiger partial charge on any atom is -0.326 e. The Morgan fingerprint density at radius 3 is 2.07 bits per heavy atom. The molecule has 4 aromatic carbocycles. The van der Waals surface area contributed by atoms with Crippen LogP contribution >= 0.6 is 23.2 Å². The van der Waals surface area contributed by atoms with Crippen molar-refractivity contribution >= 4 is 51.1 Å². The highest BCUT2D eigenvalue weighted by Gasteiger charge is 2.29. The van der Waals surface area contributed by atoms with Crippen molar-refractivity contribution < 1.29 is 21.6 Å². The van der Waals surface area contributed by atoms with Crippen molar-refractivity contribution in [2.75, 3.05) is 11.0 Å². The summed E-state index contributed by atoms with van der Waals surface area (Å²) in [4.78, 5) is 4.81. The average Bonchev–Trinajstić information content (AvgIpc) is 3.34. The monoisotopic (exact) mass is 641 g/mol. The van der Waals surface area contributed by atoms with Crippen LogP contribution in [0.4, 0.5) is 18.9 Å². The SMILES string of the molecule is CS(=O)(=O)Nc1ccc(Cn2cc(-c3ccc(Cl)cc3Cl)nc2/C=C/c2ccc(-c3ccc(C(F)(F)F)cc3)cc2)cc1. The first kappa shape index (κ1) is 30.4. The van der Waals surface area contributed by atoms with E-state index in [1.165, 1.54) is 12.1 Å². The first-order valence-corrected chi connectivity index (χ1v) is 15.5. The van der Waals surface area contributed by atoms with Crippen LogP contribution in [0.2, 0.25) is 10.0 Å². The Hall–Kier alpha value is -4.05. The van der Waals surface area contributed by atoms with E-state index in [4.69, 9.17) is 28.2 Å². The van der Waals surface area contributed by atoms with Crippen LogP contribution in [0.5, 0.6) is 0 Å². The van der Waals surface area contributed by atoms with E-state index in [1.54, 1.807) is 30.3 Å². The number of nitrogens with one attached hydrogen (secondary N) is 1. The van der Waals surface area contributed by atoms with E-state index in [0.29, 0.717) is 44.9 Å². The summed E-state index contributed by atoms with van der Waals surface area (Å²) in [5.41, 5.74) is 4.40. The Labute approximate surface area is 257 Å². The quantitative estimate of drug-likeness (QED) is 0.184. The Bertz CT molecular complexity index is 1880. The van der Waals surface area contributed by atoms with Crippen molar-refractivity contribution in [2.24, 2.45) is 0 Å². The van der Waals surface area contributed by atoms with Crippen molar-refractivity contribution in [3.8, 4) is 22.4 Å². The maximum atomic E-state index is 12.9. The van der Waals surface area contributed by atoms with Crippen LogP contribution < -0.4 is 4.72 Å². The van der Waals surface area contributed by atoms with Crippen molar-refractivity contribution in [2.45, 2.75) is 12.7 Å². The van der Waals surface area contributed by atoms with Crippen LogP contribution in [0, 0.1) is 0 Å². The topological polar surface area (TPSA) is 64.0 Å². The van der Waals surface area contributed by atoms with E-state index in [2.05, 4.69) is 4.72 Å². The molecule has 1 N–H and O–H groups in total. The van der Waals surface area contributed by atoms with Crippen LogP contribution in [0.15, 0.2) is 97.2 Å². The largest absolute Gasteiger partial charge is 0.416 e. The van der Waals surface area contributed by atoms with Gasteiger partial charge in [0.05, 0.1) is 22.5 Å². The molecule has 0 fully saturated rings. The molecule has 0 aliphatic carbocycles. The smallest absolute Gasteiger partial charge is 0.326 e. The van der Waals surface area contributed by atoms with Crippen molar-refractivity contribution in [1.82, 2.24) is 9.55 Å². The number of sulfonamides is 1. The number of nitrogens with zero attached hydrogens (tertiary/aromatic N) is 2. The number of aromatic nitrogens is 2. The van der Waals surface area contributed by atoms with Crippen LogP contribution in [0.25, 0.3) is 34.5 Å². The molecule has 0 atom stereocenters. The fraction of sp³-hybridized carbons (Fsp3) is 0.0938. The first-order valence-electron chi connectivity index (χ1n) is 12.9. The van der Waals surface area contributed by atoms with Crippen molar-refractivity contribution in [3.63, 3.8) is 0 Å². The first-order chi connectivity index (χ1) is 20.3. The molecule has 1 aromatic heterocycles. The highest BCUT2D eigenvalue weighted by atomic mass is 35.5. The van der Waals surface area contributed by atoms with E-state index >= 15 is 0 Å². The van der Waals surface area contributed by atoms with Crippen LogP contribution in [0.1, 0.15) is 22.5 Å². The van der Waals surface area contributed by atoms with Gasteiger partial charge < -0.3 is 4.57 Å². The number of hydrogen-bond donors (Lipinski definition) is 1. The summed E-state index contributed by atoms with van der Waals surface area (Å²) in [6.45, 7) is 0.448. The van der Waals surface area contributed by atoms with Gasteiger partial charge in [0.2, 0.25) is 10.0 Å². The molecular weight excluding hydrogens is 618 g/mol. The molecule has 5 aromatic rings. The summed E-state index contributed by atoms with van der Waals surface area (Å²) < 4.78 is 66.2. The van der Waals surface area contributed by atoms with Gasteiger partial charge in [-0.25, -0.2) is 13.4 Å². The maximum absolute atomic E-state index is 12.9. The van der Waals surface area contributed by atoms with Gasteiger partial charge in [0, 0.05) is 29.0 Å². The lowest BCUT2D eigenvalue weighted by Crippen LogP contribution is -2.09. The van der Waals surface area contributed by atoms with Gasteiger partial charge in [0.15, 0.2) is 0 Å². The second-order valence-corrected chi connectivity index (χ2v) is 12.4. The Balaban J connectivity index is 1.41. The molecule has 11 heteroatoms. The number of halogens is 5. The van der Waals surface area contributed by atoms with Gasteiger partial charge in [-0.05, 0) is 70.8 Å². The Morgan fingerprint density at radius 1 is 0.860 bits per heavy atom. The molecular formula is C32H24Cl2F3N3O2S. The second-order valence-electron chi connectivity index (χ2n) is 9.84. The van der Waals surface area contributed by atoms with E-state index in [9.17, 15) is 21.6 Å². The predicted molar refractivity (Wildman–Crippen MR) is 168 cm³/mol. The van der Waals surface area contributed by atoms with Gasteiger partial charge in [0.25, 0.3) is 0 Å². The lowest BCUT2D eigenvalue weighted by Gasteiger charge is -2.08. The molecule has 0 saturated carbocycles. The maximum Gasteiger partial charge on any atom is 0.416 e. The zero-order chi connectivity index (χ0) is 30.8. The molecule has 0 bridgehead atoms. The third-order valence-corrected chi connectivity index (χ3v) is 7.66. The van der Waals surface area contributed by atoms with E-state index < -0.39 is 21.8 Å². The lowest BCUT2D eigenvalue weighted by molar-refractivity contribution is -0.137. The third kappa shape index (κ3) is 7.87. The highest BCUT2D eigenvalue weighted by Crippen LogP contribution is 2.32. The van der Waals surface area contributed by atoms with Gasteiger partial charge in [-0.3, -0.25) is 4.72 Å². The summed E-state index contributed by atoms with van der Waals surface area (Å²) in [7, 11) is -3.39. The summed E-state index contributed by atoms with van der Waals surface area (Å²) in [6.07, 6.45) is 2.35. The summed E-state index contributed by atoms with van der Waals surface area (Å²) in [5.74, 6) is 0.645. The zero-order valence-corrected chi connectivity index (χ0v) is 24.9. The molecule has 0 unspecified atom stereocenters. The summed E-state index contributed by atoms with van der Waals surface area (Å²) >= 11 is 12.5. The van der Waals surface area contributed by atoms with E-state index in [-0.39, 0.29) is 0 Å². The molecule has 0 radical (unpaired) electrons. The number of hydrogen-bond acceptors (Lipinski definition) is 3. The number of rotatable bonds is 8. The van der Waals surface area contributed by atoms with E-state index in [0.717, 1.165) is 35.1 Å². The Morgan fingerprint density at radius 2 is 1.49 bits per heavy atom. The highest BCUT2D eigenvalue weighted by molar-refractivity contribution is 7.92. The van der Waals surface area contributed by atoms with Crippen LogP contribution in [-0.4, -0.2) is 24.2 Å². The minimum absolute atomic E-state index is 0.448. The van der Waals surface area contributed by atoms with Gasteiger partial charge in [-0.1, -0.05) is 77.8 Å².